The van der Waals surface area contributed by atoms with Crippen molar-refractivity contribution in [3.05, 3.63) is 23.8 Å². The van der Waals surface area contributed by atoms with E-state index in [-0.39, 0.29) is 17.6 Å². The minimum Gasteiger partial charge on any atom is -0.478 e. The summed E-state index contributed by atoms with van der Waals surface area (Å²) < 4.78 is 5.14. The lowest BCUT2D eigenvalue weighted by atomic mass is 10.1. The molecule has 0 aromatic carbocycles. The van der Waals surface area contributed by atoms with E-state index in [0.29, 0.717) is 5.57 Å². The monoisotopic (exact) mass is 271 g/mol. The van der Waals surface area contributed by atoms with Gasteiger partial charge in [-0.2, -0.15) is 0 Å². The smallest absolute Gasteiger partial charge is 0.333 e. The maximum absolute atomic E-state index is 11.3. The molecule has 0 rings (SSSR count). The number of nitrogens with two attached hydrogens (primary N) is 1. The van der Waals surface area contributed by atoms with Crippen molar-refractivity contribution in [1.82, 2.24) is 0 Å². The molecule has 1 unspecified atom stereocenters. The fourth-order valence-electron chi connectivity index (χ4n) is 0.821. The van der Waals surface area contributed by atoms with Crippen molar-refractivity contribution in [2.45, 2.75) is 53.2 Å². The lowest BCUT2D eigenvalue weighted by molar-refractivity contribution is -0.149. The Morgan fingerprint density at radius 3 is 1.89 bits per heavy atom. The predicted octanol–water partition coefficient (Wildman–Crippen LogP) is 2.27. The highest BCUT2D eigenvalue weighted by Crippen LogP contribution is 2.10. The molecule has 5 nitrogen and oxygen atoms in total. The summed E-state index contributed by atoms with van der Waals surface area (Å²) >= 11 is 0. The van der Waals surface area contributed by atoms with E-state index < -0.39 is 11.6 Å². The summed E-state index contributed by atoms with van der Waals surface area (Å²) in [6.07, 6.45) is 1.69. The highest BCUT2D eigenvalue weighted by atomic mass is 16.6. The Morgan fingerprint density at radius 1 is 1.32 bits per heavy atom. The molecular formula is C14H25NO4. The Hall–Kier alpha value is -1.62. The number of carboxylic acid groups (broad SMARTS) is 1. The van der Waals surface area contributed by atoms with Gasteiger partial charge >= 0.3 is 11.9 Å². The van der Waals surface area contributed by atoms with Crippen molar-refractivity contribution in [1.29, 1.82) is 0 Å². The van der Waals surface area contributed by atoms with Crippen LogP contribution in [0, 0.1) is 0 Å². The molecule has 3 N–H and O–H groups in total. The van der Waals surface area contributed by atoms with Crippen molar-refractivity contribution >= 4 is 11.9 Å². The lowest BCUT2D eigenvalue weighted by Crippen LogP contribution is -2.25. The number of hydrogen-bond acceptors (Lipinski definition) is 4. The van der Waals surface area contributed by atoms with Gasteiger partial charge in [-0.25, -0.2) is 9.59 Å². The van der Waals surface area contributed by atoms with E-state index in [1.807, 2.05) is 27.7 Å². The van der Waals surface area contributed by atoms with E-state index >= 15 is 0 Å². The second-order valence-electron chi connectivity index (χ2n) is 5.30. The van der Waals surface area contributed by atoms with Gasteiger partial charge in [0.15, 0.2) is 0 Å². The van der Waals surface area contributed by atoms with Crippen molar-refractivity contribution in [3.63, 3.8) is 0 Å². The molecule has 0 aliphatic carbocycles. The quantitative estimate of drug-likeness (QED) is 0.607. The second kappa shape index (κ2) is 8.48. The van der Waals surface area contributed by atoms with E-state index in [2.05, 4.69) is 6.58 Å². The zero-order chi connectivity index (χ0) is 15.8. The van der Waals surface area contributed by atoms with Gasteiger partial charge in [0, 0.05) is 17.2 Å². The van der Waals surface area contributed by atoms with Crippen LogP contribution in [-0.2, 0) is 14.3 Å². The fraction of sp³-hybridized carbons (Fsp3) is 0.571. The number of ether oxygens (including phenoxy) is 1. The number of aliphatic carboxylic acids is 1. The largest absolute Gasteiger partial charge is 0.478 e. The number of hydrogen-bond donors (Lipinski definition) is 2. The zero-order valence-electron chi connectivity index (χ0n) is 12.6. The van der Waals surface area contributed by atoms with Crippen molar-refractivity contribution in [2.24, 2.45) is 5.73 Å². The molecule has 0 bridgehead atoms. The van der Waals surface area contributed by atoms with Crippen LogP contribution in [0.4, 0.5) is 0 Å². The number of rotatable bonds is 3. The Balaban J connectivity index is 0. The van der Waals surface area contributed by atoms with Gasteiger partial charge in [0.2, 0.25) is 0 Å². The van der Waals surface area contributed by atoms with Crippen molar-refractivity contribution < 1.29 is 19.4 Å². The van der Waals surface area contributed by atoms with Crippen LogP contribution in [0.1, 0.15) is 41.5 Å². The normalized spacial score (nSPS) is 12.9. The van der Waals surface area contributed by atoms with E-state index in [4.69, 9.17) is 15.6 Å². The van der Waals surface area contributed by atoms with Gasteiger partial charge in [-0.05, 0) is 41.5 Å². The first-order valence-electron chi connectivity index (χ1n) is 5.93. The van der Waals surface area contributed by atoms with Crippen LogP contribution in [0.3, 0.4) is 0 Å². The Kier molecular flexibility index (Phi) is 8.79. The zero-order valence-corrected chi connectivity index (χ0v) is 12.6. The molecule has 0 aromatic heterocycles. The van der Waals surface area contributed by atoms with Gasteiger partial charge in [-0.15, -0.1) is 0 Å². The molecule has 0 aromatic rings. The number of esters is 1. The first kappa shape index (κ1) is 19.7. The summed E-state index contributed by atoms with van der Waals surface area (Å²) in [6, 6.07) is -0.118. The van der Waals surface area contributed by atoms with Gasteiger partial charge in [0.1, 0.15) is 5.60 Å². The topological polar surface area (TPSA) is 89.6 Å². The van der Waals surface area contributed by atoms with E-state index in [1.54, 1.807) is 13.0 Å². The predicted molar refractivity (Wildman–Crippen MR) is 75.7 cm³/mol. The van der Waals surface area contributed by atoms with Crippen LogP contribution in [0.5, 0.6) is 0 Å². The molecule has 0 aliphatic heterocycles. The summed E-state index contributed by atoms with van der Waals surface area (Å²) in [5.41, 5.74) is 5.81. The minimum atomic E-state index is -0.935. The lowest BCUT2D eigenvalue weighted by Gasteiger charge is -2.19. The fourth-order valence-corrected chi connectivity index (χ4v) is 0.821. The average Bonchev–Trinajstić information content (AvgIpc) is 2.14. The standard InChI is InChI=1S/C10H19NO2.C4H6O2/c1-7(6-8(2)11)9(12)13-10(3,4)5;1-3(2)4(5)6/h6,8H,11H2,1-5H3;1H2,2H3,(H,5,6). The molecule has 0 radical (unpaired) electrons. The number of carbonyl (C=O) groups is 2. The molecule has 5 heteroatoms. The van der Waals surface area contributed by atoms with Gasteiger partial charge in [0.05, 0.1) is 0 Å². The van der Waals surface area contributed by atoms with Crippen LogP contribution in [-0.4, -0.2) is 28.7 Å². The van der Waals surface area contributed by atoms with Crippen LogP contribution in [0.25, 0.3) is 0 Å². The SMILES string of the molecule is C=C(C)C(=O)O.CC(=CC(C)N)C(=O)OC(C)(C)C. The molecule has 0 saturated carbocycles. The van der Waals surface area contributed by atoms with Crippen LogP contribution < -0.4 is 5.73 Å². The average molecular weight is 271 g/mol. The number of carboxylic acids is 1. The summed E-state index contributed by atoms with van der Waals surface area (Å²) in [6.45, 7) is 13.6. The molecule has 0 amide bonds. The first-order valence-corrected chi connectivity index (χ1v) is 5.93. The molecule has 1 atom stereocenters. The van der Waals surface area contributed by atoms with Crippen LogP contribution >= 0.6 is 0 Å². The van der Waals surface area contributed by atoms with E-state index in [9.17, 15) is 9.59 Å². The third-order valence-electron chi connectivity index (χ3n) is 1.60. The molecule has 110 valence electrons. The van der Waals surface area contributed by atoms with E-state index in [1.165, 1.54) is 6.92 Å². The van der Waals surface area contributed by atoms with Gasteiger partial charge in [0.25, 0.3) is 0 Å². The molecule has 0 fully saturated rings. The molecule has 0 heterocycles. The highest BCUT2D eigenvalue weighted by molar-refractivity contribution is 5.88. The second-order valence-corrected chi connectivity index (χ2v) is 5.30. The Morgan fingerprint density at radius 2 is 1.68 bits per heavy atom. The summed E-state index contributed by atoms with van der Waals surface area (Å²) in [5.74, 6) is -1.24. The molecule has 0 saturated heterocycles. The molecule has 0 aliphatic rings. The highest BCUT2D eigenvalue weighted by Gasteiger charge is 2.17. The maximum Gasteiger partial charge on any atom is 0.333 e. The molecule has 19 heavy (non-hydrogen) atoms. The van der Waals surface area contributed by atoms with Gasteiger partial charge < -0.3 is 15.6 Å². The maximum atomic E-state index is 11.3. The Labute approximate surface area is 115 Å². The van der Waals surface area contributed by atoms with Gasteiger partial charge in [-0.1, -0.05) is 12.7 Å². The summed E-state index contributed by atoms with van der Waals surface area (Å²) in [4.78, 5) is 20.9. The third kappa shape index (κ3) is 14.3. The minimum absolute atomic E-state index is 0.118. The third-order valence-corrected chi connectivity index (χ3v) is 1.60. The molecular weight excluding hydrogens is 246 g/mol. The van der Waals surface area contributed by atoms with Crippen LogP contribution in [0.15, 0.2) is 23.8 Å². The summed E-state index contributed by atoms with van der Waals surface area (Å²) in [5, 5.41) is 7.89. The van der Waals surface area contributed by atoms with Crippen molar-refractivity contribution in [3.8, 4) is 0 Å². The Bertz CT molecular complexity index is 350. The first-order chi connectivity index (χ1) is 8.36. The van der Waals surface area contributed by atoms with E-state index in [0.717, 1.165) is 0 Å². The molecule has 0 spiro atoms. The van der Waals surface area contributed by atoms with Gasteiger partial charge in [-0.3, -0.25) is 0 Å². The number of carbonyl (C=O) groups excluding carboxylic acids is 1. The van der Waals surface area contributed by atoms with Crippen molar-refractivity contribution in [2.75, 3.05) is 0 Å². The van der Waals surface area contributed by atoms with Crippen LogP contribution in [0.2, 0.25) is 0 Å². The summed E-state index contributed by atoms with van der Waals surface area (Å²) in [7, 11) is 0.